The number of anilines is 1. The van der Waals surface area contributed by atoms with Crippen LogP contribution in [0.4, 0.5) is 5.69 Å². The molecule has 4 nitrogen and oxygen atoms in total. The van der Waals surface area contributed by atoms with Gasteiger partial charge < -0.3 is 5.32 Å². The van der Waals surface area contributed by atoms with Crippen molar-refractivity contribution >= 4 is 23.5 Å². The number of nitrogens with one attached hydrogen (secondary N) is 1. The number of benzene rings is 3. The van der Waals surface area contributed by atoms with Gasteiger partial charge in [-0.25, -0.2) is 0 Å². The number of ketones is 2. The number of hydrogen-bond acceptors (Lipinski definition) is 4. The van der Waals surface area contributed by atoms with E-state index in [0.29, 0.717) is 5.69 Å². The first-order chi connectivity index (χ1) is 15.6. The molecule has 1 aliphatic carbocycles. The molecule has 156 valence electrons. The van der Waals surface area contributed by atoms with E-state index in [4.69, 9.17) is 0 Å². The minimum atomic E-state index is -0.324. The zero-order valence-electron chi connectivity index (χ0n) is 17.7. The summed E-state index contributed by atoms with van der Waals surface area (Å²) in [5.74, 6) is -0.629. The van der Waals surface area contributed by atoms with Crippen LogP contribution in [-0.2, 0) is 9.59 Å². The summed E-state index contributed by atoms with van der Waals surface area (Å²) in [6.07, 6.45) is 4.15. The van der Waals surface area contributed by atoms with Crippen molar-refractivity contribution in [1.82, 2.24) is 0 Å². The van der Waals surface area contributed by atoms with Crippen molar-refractivity contribution in [2.24, 2.45) is 4.99 Å². The molecule has 0 radical (unpaired) electrons. The Bertz CT molecular complexity index is 1260. The first kappa shape index (κ1) is 20.9. The van der Waals surface area contributed by atoms with E-state index in [2.05, 4.69) is 53.3 Å². The number of Topliss-reactive ketones (excluding diaryl/α,β-unsaturated/α-hetero) is 1. The van der Waals surface area contributed by atoms with Crippen molar-refractivity contribution in [3.63, 3.8) is 0 Å². The molecule has 0 aliphatic heterocycles. The summed E-state index contributed by atoms with van der Waals surface area (Å²) in [5.41, 5.74) is 5.74. The maximum Gasteiger partial charge on any atom is 0.211 e. The summed E-state index contributed by atoms with van der Waals surface area (Å²) in [6, 6.07) is 26.4. The van der Waals surface area contributed by atoms with Crippen molar-refractivity contribution in [1.29, 1.82) is 0 Å². The third-order valence-electron chi connectivity index (χ3n) is 5.20. The SMILES string of the molecule is C=CC1=C(N=CC)C(=O)C=C(Nc2ccc(-c3ccc(-c4ccccc4)cc3)cc2)C1=O. The fraction of sp³-hybridized carbons (Fsp3) is 0.0357. The van der Waals surface area contributed by atoms with Crippen molar-refractivity contribution in [2.45, 2.75) is 6.92 Å². The van der Waals surface area contributed by atoms with Crippen LogP contribution in [-0.4, -0.2) is 17.8 Å². The largest absolute Gasteiger partial charge is 0.352 e. The Kier molecular flexibility index (Phi) is 6.04. The van der Waals surface area contributed by atoms with Crippen LogP contribution in [0.5, 0.6) is 0 Å². The highest BCUT2D eigenvalue weighted by Crippen LogP contribution is 2.27. The highest BCUT2D eigenvalue weighted by Gasteiger charge is 2.26. The van der Waals surface area contributed by atoms with E-state index in [-0.39, 0.29) is 28.5 Å². The van der Waals surface area contributed by atoms with Crippen molar-refractivity contribution in [3.8, 4) is 22.3 Å². The van der Waals surface area contributed by atoms with Gasteiger partial charge in [0.1, 0.15) is 5.70 Å². The summed E-state index contributed by atoms with van der Waals surface area (Å²) in [4.78, 5) is 29.1. The van der Waals surface area contributed by atoms with Gasteiger partial charge in [0.05, 0.1) is 11.3 Å². The first-order valence-electron chi connectivity index (χ1n) is 10.3. The molecule has 1 aliphatic rings. The van der Waals surface area contributed by atoms with Crippen molar-refractivity contribution in [2.75, 3.05) is 5.32 Å². The summed E-state index contributed by atoms with van der Waals surface area (Å²) in [5, 5.41) is 3.05. The topological polar surface area (TPSA) is 58.5 Å². The lowest BCUT2D eigenvalue weighted by molar-refractivity contribution is -0.115. The fourth-order valence-corrected chi connectivity index (χ4v) is 3.58. The number of carbonyl (C=O) groups is 2. The Hall–Kier alpha value is -4.31. The van der Waals surface area contributed by atoms with Gasteiger partial charge >= 0.3 is 0 Å². The molecule has 4 rings (SSSR count). The molecule has 0 atom stereocenters. The van der Waals surface area contributed by atoms with Gasteiger partial charge in [-0.3, -0.25) is 14.6 Å². The molecule has 32 heavy (non-hydrogen) atoms. The second kappa shape index (κ2) is 9.23. The van der Waals surface area contributed by atoms with Gasteiger partial charge in [-0.2, -0.15) is 0 Å². The number of nitrogens with zero attached hydrogens (tertiary/aromatic N) is 1. The van der Waals surface area contributed by atoms with E-state index in [1.807, 2.05) is 42.5 Å². The van der Waals surface area contributed by atoms with E-state index in [9.17, 15) is 9.59 Å². The Balaban J connectivity index is 1.51. The lowest BCUT2D eigenvalue weighted by atomic mass is 9.97. The molecule has 0 unspecified atom stereocenters. The van der Waals surface area contributed by atoms with Crippen LogP contribution in [0, 0.1) is 0 Å². The Morgan fingerprint density at radius 1 is 0.781 bits per heavy atom. The first-order valence-corrected chi connectivity index (χ1v) is 10.3. The Morgan fingerprint density at radius 3 is 1.84 bits per heavy atom. The third-order valence-corrected chi connectivity index (χ3v) is 5.20. The van der Waals surface area contributed by atoms with E-state index in [0.717, 1.165) is 16.7 Å². The van der Waals surface area contributed by atoms with Gasteiger partial charge in [-0.15, -0.1) is 0 Å². The molecule has 0 heterocycles. The van der Waals surface area contributed by atoms with Crippen LogP contribution in [0.25, 0.3) is 22.3 Å². The minimum absolute atomic E-state index is 0.118. The zero-order chi connectivity index (χ0) is 22.5. The van der Waals surface area contributed by atoms with Crippen LogP contribution in [0.2, 0.25) is 0 Å². The van der Waals surface area contributed by atoms with Crippen molar-refractivity contribution < 1.29 is 9.59 Å². The molecule has 4 heteroatoms. The molecule has 0 spiro atoms. The van der Waals surface area contributed by atoms with Gasteiger partial charge in [0.15, 0.2) is 0 Å². The molecular formula is C28H22N2O2. The quantitative estimate of drug-likeness (QED) is 0.395. The summed E-state index contributed by atoms with van der Waals surface area (Å²) in [6.45, 7) is 5.35. The van der Waals surface area contributed by atoms with Gasteiger partial charge in [0, 0.05) is 18.0 Å². The van der Waals surface area contributed by atoms with Crippen LogP contribution in [0.1, 0.15) is 6.92 Å². The standard InChI is InChI=1S/C28H22N2O2/c1-3-24-27(29-4-2)26(31)18-25(28(24)32)30-23-16-14-22(15-17-23)21-12-10-20(11-13-21)19-8-6-5-7-9-19/h3-18,30H,1H2,2H3. The molecule has 3 aromatic rings. The maximum atomic E-state index is 12.7. The number of hydrogen-bond donors (Lipinski definition) is 1. The number of rotatable bonds is 6. The second-order valence-corrected chi connectivity index (χ2v) is 7.25. The minimum Gasteiger partial charge on any atom is -0.352 e. The molecule has 0 saturated heterocycles. The highest BCUT2D eigenvalue weighted by molar-refractivity contribution is 6.25. The predicted molar refractivity (Wildman–Crippen MR) is 130 cm³/mol. The number of carbonyl (C=O) groups excluding carboxylic acids is 2. The average Bonchev–Trinajstić information content (AvgIpc) is 2.84. The maximum absolute atomic E-state index is 12.7. The fourth-order valence-electron chi connectivity index (χ4n) is 3.58. The van der Waals surface area contributed by atoms with E-state index in [1.165, 1.54) is 23.9 Å². The predicted octanol–water partition coefficient (Wildman–Crippen LogP) is 6.00. The number of allylic oxidation sites excluding steroid dienone is 3. The summed E-state index contributed by atoms with van der Waals surface area (Å²) >= 11 is 0. The monoisotopic (exact) mass is 418 g/mol. The third kappa shape index (κ3) is 4.25. The molecule has 0 fully saturated rings. The van der Waals surface area contributed by atoms with Crippen molar-refractivity contribution in [3.05, 3.63) is 115 Å². The molecule has 0 bridgehead atoms. The van der Waals surface area contributed by atoms with Gasteiger partial charge in [0.25, 0.3) is 0 Å². The van der Waals surface area contributed by atoms with Crippen LogP contribution < -0.4 is 5.32 Å². The lowest BCUT2D eigenvalue weighted by Crippen LogP contribution is -2.22. The van der Waals surface area contributed by atoms with Gasteiger partial charge in [0.2, 0.25) is 11.6 Å². The highest BCUT2D eigenvalue weighted by atomic mass is 16.1. The van der Waals surface area contributed by atoms with E-state index in [1.54, 1.807) is 6.92 Å². The van der Waals surface area contributed by atoms with Gasteiger partial charge in [-0.05, 0) is 41.3 Å². The lowest BCUT2D eigenvalue weighted by Gasteiger charge is -2.16. The Labute approximate surface area is 187 Å². The second-order valence-electron chi connectivity index (χ2n) is 7.25. The van der Waals surface area contributed by atoms with Crippen LogP contribution in [0.15, 0.2) is 120 Å². The van der Waals surface area contributed by atoms with E-state index >= 15 is 0 Å². The zero-order valence-corrected chi connectivity index (χ0v) is 17.7. The number of aliphatic imine (C=N–C) groups is 1. The summed E-state index contributed by atoms with van der Waals surface area (Å²) < 4.78 is 0. The molecule has 0 saturated carbocycles. The average molecular weight is 418 g/mol. The Morgan fingerprint density at radius 2 is 1.31 bits per heavy atom. The molecule has 0 aromatic heterocycles. The summed E-state index contributed by atoms with van der Waals surface area (Å²) in [7, 11) is 0. The molecule has 1 N–H and O–H groups in total. The normalized spacial score (nSPS) is 14.0. The smallest absolute Gasteiger partial charge is 0.211 e. The molecule has 0 amide bonds. The van der Waals surface area contributed by atoms with Crippen LogP contribution in [0.3, 0.4) is 0 Å². The van der Waals surface area contributed by atoms with Gasteiger partial charge in [-0.1, -0.05) is 79.4 Å². The molecular weight excluding hydrogens is 396 g/mol. The molecule has 3 aromatic carbocycles. The van der Waals surface area contributed by atoms with Crippen LogP contribution >= 0.6 is 0 Å². The van der Waals surface area contributed by atoms with E-state index < -0.39 is 0 Å².